The molecule has 0 saturated heterocycles. The van der Waals surface area contributed by atoms with Crippen LogP contribution in [0.1, 0.15) is 29.8 Å². The molecule has 104 valence electrons. The summed E-state index contributed by atoms with van der Waals surface area (Å²) in [5.74, 6) is 1.20. The molecule has 0 N–H and O–H groups in total. The first-order chi connectivity index (χ1) is 9.61. The Morgan fingerprint density at radius 2 is 1.80 bits per heavy atom. The molecule has 3 nitrogen and oxygen atoms in total. The van der Waals surface area contributed by atoms with Crippen LogP contribution in [-0.2, 0) is 0 Å². The van der Waals surface area contributed by atoms with E-state index < -0.39 is 0 Å². The Bertz CT molecular complexity index is 603. The van der Waals surface area contributed by atoms with E-state index in [9.17, 15) is 4.79 Å². The Balaban J connectivity index is 2.37. The van der Waals surface area contributed by atoms with Gasteiger partial charge in [-0.05, 0) is 38.1 Å². The molecule has 0 bridgehead atoms. The standard InChI is InChI=1S/C17H18O3/c1-12(2)20-16-10-5-4-9-15(16)17(18)13-7-6-8-14(11-13)19-3/h4-12H,1-3H3. The van der Waals surface area contributed by atoms with Crippen molar-refractivity contribution in [2.75, 3.05) is 7.11 Å². The van der Waals surface area contributed by atoms with Gasteiger partial charge >= 0.3 is 0 Å². The van der Waals surface area contributed by atoms with Gasteiger partial charge in [0, 0.05) is 5.56 Å². The van der Waals surface area contributed by atoms with Crippen LogP contribution in [0.15, 0.2) is 48.5 Å². The first kappa shape index (κ1) is 14.1. The number of methoxy groups -OCH3 is 1. The van der Waals surface area contributed by atoms with E-state index in [1.54, 1.807) is 31.4 Å². The van der Waals surface area contributed by atoms with Crippen LogP contribution in [0.3, 0.4) is 0 Å². The van der Waals surface area contributed by atoms with Gasteiger partial charge in [-0.25, -0.2) is 0 Å². The number of carbonyl (C=O) groups is 1. The highest BCUT2D eigenvalue weighted by molar-refractivity contribution is 6.10. The lowest BCUT2D eigenvalue weighted by Gasteiger charge is -2.13. The summed E-state index contributed by atoms with van der Waals surface area (Å²) in [4.78, 5) is 12.6. The summed E-state index contributed by atoms with van der Waals surface area (Å²) >= 11 is 0. The van der Waals surface area contributed by atoms with Crippen LogP contribution < -0.4 is 9.47 Å². The Morgan fingerprint density at radius 1 is 1.05 bits per heavy atom. The van der Waals surface area contributed by atoms with Crippen molar-refractivity contribution in [1.82, 2.24) is 0 Å². The summed E-state index contributed by atoms with van der Waals surface area (Å²) in [6.45, 7) is 3.87. The molecule has 3 heteroatoms. The molecule has 0 aliphatic heterocycles. The van der Waals surface area contributed by atoms with Gasteiger partial charge in [-0.2, -0.15) is 0 Å². The molecule has 2 aromatic rings. The highest BCUT2D eigenvalue weighted by Crippen LogP contribution is 2.24. The molecule has 0 saturated carbocycles. The van der Waals surface area contributed by atoms with Gasteiger partial charge in [0.2, 0.25) is 0 Å². The van der Waals surface area contributed by atoms with Crippen LogP contribution in [0.25, 0.3) is 0 Å². The first-order valence-electron chi connectivity index (χ1n) is 6.56. The number of ketones is 1. The highest BCUT2D eigenvalue weighted by atomic mass is 16.5. The maximum Gasteiger partial charge on any atom is 0.196 e. The zero-order valence-corrected chi connectivity index (χ0v) is 11.9. The van der Waals surface area contributed by atoms with Crippen LogP contribution in [-0.4, -0.2) is 19.0 Å². The zero-order chi connectivity index (χ0) is 14.5. The Morgan fingerprint density at radius 3 is 2.50 bits per heavy atom. The molecular weight excluding hydrogens is 252 g/mol. The SMILES string of the molecule is COc1cccc(C(=O)c2ccccc2OC(C)C)c1. The van der Waals surface area contributed by atoms with E-state index in [0.29, 0.717) is 22.6 Å². The van der Waals surface area contributed by atoms with Crippen molar-refractivity contribution in [2.24, 2.45) is 0 Å². The lowest BCUT2D eigenvalue weighted by molar-refractivity contribution is 0.103. The minimum absolute atomic E-state index is 0.0225. The minimum Gasteiger partial charge on any atom is -0.497 e. The molecule has 2 rings (SSSR count). The van der Waals surface area contributed by atoms with Gasteiger partial charge in [0.25, 0.3) is 0 Å². The number of rotatable bonds is 5. The smallest absolute Gasteiger partial charge is 0.196 e. The number of ether oxygens (including phenoxy) is 2. The predicted octanol–water partition coefficient (Wildman–Crippen LogP) is 3.71. The fourth-order valence-corrected chi connectivity index (χ4v) is 1.93. The molecule has 0 heterocycles. The van der Waals surface area contributed by atoms with Gasteiger partial charge < -0.3 is 9.47 Å². The summed E-state index contributed by atoms with van der Waals surface area (Å²) < 4.78 is 10.8. The Kier molecular flexibility index (Phi) is 4.41. The highest BCUT2D eigenvalue weighted by Gasteiger charge is 2.15. The van der Waals surface area contributed by atoms with Crippen LogP contribution in [0.4, 0.5) is 0 Å². The third kappa shape index (κ3) is 3.18. The lowest BCUT2D eigenvalue weighted by Crippen LogP contribution is -2.10. The molecule has 0 fully saturated rings. The maximum absolute atomic E-state index is 12.6. The average molecular weight is 270 g/mol. The van der Waals surface area contributed by atoms with Gasteiger partial charge in [0.15, 0.2) is 5.78 Å². The molecule has 0 spiro atoms. The summed E-state index contributed by atoms with van der Waals surface area (Å²) in [7, 11) is 1.58. The third-order valence-electron chi connectivity index (χ3n) is 2.83. The Labute approximate surface area is 119 Å². The van der Waals surface area contributed by atoms with Gasteiger partial charge in [-0.15, -0.1) is 0 Å². The zero-order valence-electron chi connectivity index (χ0n) is 11.9. The normalized spacial score (nSPS) is 10.4. The van der Waals surface area contributed by atoms with E-state index in [4.69, 9.17) is 9.47 Å². The van der Waals surface area contributed by atoms with Crippen LogP contribution >= 0.6 is 0 Å². The lowest BCUT2D eigenvalue weighted by atomic mass is 10.0. The van der Waals surface area contributed by atoms with Crippen molar-refractivity contribution in [3.8, 4) is 11.5 Å². The van der Waals surface area contributed by atoms with Crippen molar-refractivity contribution < 1.29 is 14.3 Å². The molecule has 0 aromatic heterocycles. The molecule has 0 atom stereocenters. The molecule has 2 aromatic carbocycles. The van der Waals surface area contributed by atoms with Crippen LogP contribution in [0.2, 0.25) is 0 Å². The van der Waals surface area contributed by atoms with E-state index in [1.807, 2.05) is 38.1 Å². The number of benzene rings is 2. The van der Waals surface area contributed by atoms with Gasteiger partial charge in [0.05, 0.1) is 18.8 Å². The molecule has 0 unspecified atom stereocenters. The number of carbonyl (C=O) groups excluding carboxylic acids is 1. The summed E-state index contributed by atoms with van der Waals surface area (Å²) in [6.07, 6.45) is 0.0225. The quantitative estimate of drug-likeness (QED) is 0.777. The fourth-order valence-electron chi connectivity index (χ4n) is 1.93. The number of hydrogen-bond acceptors (Lipinski definition) is 3. The molecule has 20 heavy (non-hydrogen) atoms. The van der Waals surface area contributed by atoms with Crippen LogP contribution in [0.5, 0.6) is 11.5 Å². The predicted molar refractivity (Wildman–Crippen MR) is 78.6 cm³/mol. The first-order valence-corrected chi connectivity index (χ1v) is 6.56. The second-order valence-electron chi connectivity index (χ2n) is 4.72. The number of hydrogen-bond donors (Lipinski definition) is 0. The monoisotopic (exact) mass is 270 g/mol. The topological polar surface area (TPSA) is 35.5 Å². The molecule has 0 aliphatic carbocycles. The van der Waals surface area contributed by atoms with Crippen molar-refractivity contribution in [1.29, 1.82) is 0 Å². The van der Waals surface area contributed by atoms with Crippen molar-refractivity contribution in [3.63, 3.8) is 0 Å². The fraction of sp³-hybridized carbons (Fsp3) is 0.235. The van der Waals surface area contributed by atoms with E-state index in [0.717, 1.165) is 0 Å². The molecule has 0 radical (unpaired) electrons. The maximum atomic E-state index is 12.6. The second kappa shape index (κ2) is 6.24. The second-order valence-corrected chi connectivity index (χ2v) is 4.72. The molecule has 0 amide bonds. The summed E-state index contributed by atoms with van der Waals surface area (Å²) in [5.41, 5.74) is 1.15. The van der Waals surface area contributed by atoms with Gasteiger partial charge in [-0.3, -0.25) is 4.79 Å². The van der Waals surface area contributed by atoms with E-state index in [-0.39, 0.29) is 11.9 Å². The van der Waals surface area contributed by atoms with Gasteiger partial charge in [0.1, 0.15) is 11.5 Å². The van der Waals surface area contributed by atoms with Crippen LogP contribution in [0, 0.1) is 0 Å². The van der Waals surface area contributed by atoms with E-state index in [1.165, 1.54) is 0 Å². The number of para-hydroxylation sites is 1. The van der Waals surface area contributed by atoms with E-state index in [2.05, 4.69) is 0 Å². The minimum atomic E-state index is -0.0693. The Hall–Kier alpha value is -2.29. The average Bonchev–Trinajstić information content (AvgIpc) is 2.46. The van der Waals surface area contributed by atoms with Crippen molar-refractivity contribution in [2.45, 2.75) is 20.0 Å². The van der Waals surface area contributed by atoms with Crippen molar-refractivity contribution in [3.05, 3.63) is 59.7 Å². The van der Waals surface area contributed by atoms with E-state index >= 15 is 0 Å². The van der Waals surface area contributed by atoms with Crippen molar-refractivity contribution >= 4 is 5.78 Å². The molecular formula is C17H18O3. The summed E-state index contributed by atoms with van der Waals surface area (Å²) in [6, 6.07) is 14.4. The largest absolute Gasteiger partial charge is 0.497 e. The third-order valence-corrected chi connectivity index (χ3v) is 2.83. The summed E-state index contributed by atoms with van der Waals surface area (Å²) in [5, 5.41) is 0. The molecule has 0 aliphatic rings. The van der Waals surface area contributed by atoms with Gasteiger partial charge in [-0.1, -0.05) is 24.3 Å².